The number of benzene rings is 1. The molecule has 1 aliphatic rings. The maximum atomic E-state index is 12.5. The molecule has 5 heteroatoms. The first-order valence-electron chi connectivity index (χ1n) is 9.96. The largest absolute Gasteiger partial charge is 0.383 e. The number of ether oxygens (including phenoxy) is 1. The zero-order valence-electron chi connectivity index (χ0n) is 17.3. The number of Topliss-reactive ketones (excluding diaryl/α,β-unsaturated/α-hetero) is 1. The summed E-state index contributed by atoms with van der Waals surface area (Å²) in [5.74, 6) is 0.311. The molecule has 1 heterocycles. The van der Waals surface area contributed by atoms with Crippen molar-refractivity contribution in [3.05, 3.63) is 34.9 Å². The fourth-order valence-electron chi connectivity index (χ4n) is 3.72. The lowest BCUT2D eigenvalue weighted by atomic mass is 9.81. The first-order chi connectivity index (χ1) is 12.9. The quantitative estimate of drug-likeness (QED) is 0.533. The first-order valence-corrected chi connectivity index (χ1v) is 9.96. The van der Waals surface area contributed by atoms with E-state index in [1.165, 1.54) is 5.56 Å². The van der Waals surface area contributed by atoms with E-state index in [9.17, 15) is 9.59 Å². The van der Waals surface area contributed by atoms with Gasteiger partial charge in [0.2, 0.25) is 5.91 Å². The number of hydrogen-bond donors (Lipinski definition) is 1. The molecule has 1 unspecified atom stereocenters. The predicted molar refractivity (Wildman–Crippen MR) is 108 cm³/mol. The molecular weight excluding hydrogens is 340 g/mol. The van der Waals surface area contributed by atoms with E-state index in [-0.39, 0.29) is 17.1 Å². The Morgan fingerprint density at radius 2 is 2.04 bits per heavy atom. The van der Waals surface area contributed by atoms with Crippen molar-refractivity contribution >= 4 is 11.7 Å². The van der Waals surface area contributed by atoms with Gasteiger partial charge in [0.25, 0.3) is 0 Å². The second-order valence-electron chi connectivity index (χ2n) is 8.01. The van der Waals surface area contributed by atoms with Crippen LogP contribution in [0.3, 0.4) is 0 Å². The average molecular weight is 375 g/mol. The molecule has 1 saturated heterocycles. The molecule has 0 radical (unpaired) electrons. The van der Waals surface area contributed by atoms with Crippen LogP contribution in [-0.4, -0.2) is 56.5 Å². The van der Waals surface area contributed by atoms with Crippen molar-refractivity contribution in [2.24, 2.45) is 5.41 Å². The van der Waals surface area contributed by atoms with Gasteiger partial charge < -0.3 is 15.0 Å². The number of carbonyl (C=O) groups is 2. The highest BCUT2D eigenvalue weighted by Crippen LogP contribution is 2.30. The number of methoxy groups -OCH3 is 1. The zero-order chi connectivity index (χ0) is 19.9. The number of amides is 1. The van der Waals surface area contributed by atoms with E-state index in [1.807, 2.05) is 32.0 Å². The smallest absolute Gasteiger partial charge is 0.227 e. The number of piperidine rings is 1. The van der Waals surface area contributed by atoms with Gasteiger partial charge in [0.05, 0.1) is 12.0 Å². The van der Waals surface area contributed by atoms with Gasteiger partial charge in [0, 0.05) is 32.2 Å². The molecule has 1 amide bonds. The maximum absolute atomic E-state index is 12.5. The molecule has 27 heavy (non-hydrogen) atoms. The number of nitrogens with one attached hydrogen (secondary N) is 1. The summed E-state index contributed by atoms with van der Waals surface area (Å²) in [6.45, 7) is 9.84. The molecule has 150 valence electrons. The number of aryl methyl sites for hydroxylation is 2. The summed E-state index contributed by atoms with van der Waals surface area (Å²) >= 11 is 0. The molecule has 0 bridgehead atoms. The van der Waals surface area contributed by atoms with Gasteiger partial charge in [-0.25, -0.2) is 0 Å². The highest BCUT2D eigenvalue weighted by molar-refractivity contribution is 5.96. The second kappa shape index (κ2) is 10.00. The van der Waals surface area contributed by atoms with Gasteiger partial charge in [-0.2, -0.15) is 0 Å². The molecule has 1 aromatic rings. The van der Waals surface area contributed by atoms with Gasteiger partial charge in [0.15, 0.2) is 5.78 Å². The summed E-state index contributed by atoms with van der Waals surface area (Å²) in [5.41, 5.74) is 2.82. The predicted octanol–water partition coefficient (Wildman–Crippen LogP) is 3.13. The summed E-state index contributed by atoms with van der Waals surface area (Å²) in [6, 6.07) is 5.92. The number of nitrogens with zero attached hydrogens (tertiary/aromatic N) is 1. The summed E-state index contributed by atoms with van der Waals surface area (Å²) in [7, 11) is 1.63. The number of ketones is 1. The van der Waals surface area contributed by atoms with Crippen molar-refractivity contribution in [1.82, 2.24) is 10.2 Å². The Morgan fingerprint density at radius 1 is 1.26 bits per heavy atom. The Labute approximate surface area is 163 Å². The number of hydrogen-bond acceptors (Lipinski definition) is 4. The fraction of sp³-hybridized carbons (Fsp3) is 0.636. The minimum absolute atomic E-state index is 0.107. The van der Waals surface area contributed by atoms with Crippen molar-refractivity contribution in [2.45, 2.75) is 46.5 Å². The molecule has 5 nitrogen and oxygen atoms in total. The Balaban J connectivity index is 1.80. The van der Waals surface area contributed by atoms with Gasteiger partial charge in [-0.3, -0.25) is 9.59 Å². The molecular formula is C22H34N2O3. The van der Waals surface area contributed by atoms with Gasteiger partial charge in [-0.15, -0.1) is 0 Å². The highest BCUT2D eigenvalue weighted by Gasteiger charge is 2.37. The monoisotopic (exact) mass is 374 g/mol. The van der Waals surface area contributed by atoms with Crippen LogP contribution in [0.4, 0.5) is 0 Å². The Hall–Kier alpha value is -1.72. The van der Waals surface area contributed by atoms with E-state index in [1.54, 1.807) is 7.11 Å². The van der Waals surface area contributed by atoms with Crippen LogP contribution >= 0.6 is 0 Å². The first kappa shape index (κ1) is 21.6. The van der Waals surface area contributed by atoms with Crippen LogP contribution < -0.4 is 5.32 Å². The van der Waals surface area contributed by atoms with Crippen molar-refractivity contribution in [2.75, 3.05) is 39.9 Å². The van der Waals surface area contributed by atoms with Crippen molar-refractivity contribution in [3.8, 4) is 0 Å². The standard InChI is InChI=1S/C22H34N2O3/c1-17-8-9-19(15-18(17)2)20(25)7-5-12-24-13-6-10-22(3,16-24)21(26)23-11-14-27-4/h8-9,15H,5-7,10-14,16H2,1-4H3,(H,23,26). The minimum Gasteiger partial charge on any atom is -0.383 e. The zero-order valence-corrected chi connectivity index (χ0v) is 17.3. The van der Waals surface area contributed by atoms with Crippen molar-refractivity contribution in [1.29, 1.82) is 0 Å². The summed E-state index contributed by atoms with van der Waals surface area (Å²) in [6.07, 6.45) is 3.30. The maximum Gasteiger partial charge on any atom is 0.227 e. The van der Waals surface area contributed by atoms with E-state index >= 15 is 0 Å². The van der Waals surface area contributed by atoms with E-state index in [2.05, 4.69) is 17.1 Å². The topological polar surface area (TPSA) is 58.6 Å². The van der Waals surface area contributed by atoms with Crippen LogP contribution in [-0.2, 0) is 9.53 Å². The third kappa shape index (κ3) is 6.15. The van der Waals surface area contributed by atoms with Crippen LogP contribution in [0.25, 0.3) is 0 Å². The van der Waals surface area contributed by atoms with Gasteiger partial charge in [0.1, 0.15) is 0 Å². The van der Waals surface area contributed by atoms with E-state index in [0.717, 1.165) is 50.0 Å². The summed E-state index contributed by atoms with van der Waals surface area (Å²) < 4.78 is 5.00. The molecule has 0 saturated carbocycles. The average Bonchev–Trinajstić information content (AvgIpc) is 2.64. The molecule has 1 fully saturated rings. The Morgan fingerprint density at radius 3 is 2.74 bits per heavy atom. The number of carbonyl (C=O) groups excluding carboxylic acids is 2. The molecule has 2 rings (SSSR count). The lowest BCUT2D eigenvalue weighted by Gasteiger charge is -2.39. The van der Waals surface area contributed by atoms with Crippen LogP contribution in [0.2, 0.25) is 0 Å². The number of rotatable bonds is 9. The molecule has 1 aromatic carbocycles. The summed E-state index contributed by atoms with van der Waals surface area (Å²) in [5, 5.41) is 2.98. The fourth-order valence-corrected chi connectivity index (χ4v) is 3.72. The normalized spacial score (nSPS) is 20.4. The second-order valence-corrected chi connectivity index (χ2v) is 8.01. The van der Waals surface area contributed by atoms with Crippen molar-refractivity contribution in [3.63, 3.8) is 0 Å². The SMILES string of the molecule is COCCNC(=O)C1(C)CCCN(CCCC(=O)c2ccc(C)c(C)c2)C1. The lowest BCUT2D eigenvalue weighted by molar-refractivity contribution is -0.133. The minimum atomic E-state index is -0.357. The Kier molecular flexibility index (Phi) is 7.99. The van der Waals surface area contributed by atoms with Crippen LogP contribution in [0.15, 0.2) is 18.2 Å². The van der Waals surface area contributed by atoms with Crippen LogP contribution in [0, 0.1) is 19.3 Å². The Bertz CT molecular complexity index is 659. The third-order valence-electron chi connectivity index (χ3n) is 5.62. The lowest BCUT2D eigenvalue weighted by Crippen LogP contribution is -2.51. The van der Waals surface area contributed by atoms with Crippen LogP contribution in [0.5, 0.6) is 0 Å². The molecule has 1 aliphatic heterocycles. The van der Waals surface area contributed by atoms with Crippen molar-refractivity contribution < 1.29 is 14.3 Å². The van der Waals surface area contributed by atoms with Crippen LogP contribution in [0.1, 0.15) is 54.1 Å². The highest BCUT2D eigenvalue weighted by atomic mass is 16.5. The molecule has 1 N–H and O–H groups in total. The van der Waals surface area contributed by atoms with E-state index in [4.69, 9.17) is 4.74 Å². The van der Waals surface area contributed by atoms with Gasteiger partial charge >= 0.3 is 0 Å². The molecule has 0 aromatic heterocycles. The van der Waals surface area contributed by atoms with E-state index in [0.29, 0.717) is 19.6 Å². The molecule has 0 aliphatic carbocycles. The molecule has 0 spiro atoms. The summed E-state index contributed by atoms with van der Waals surface area (Å²) in [4.78, 5) is 27.3. The number of likely N-dealkylation sites (tertiary alicyclic amines) is 1. The van der Waals surface area contributed by atoms with Gasteiger partial charge in [-0.05, 0) is 70.3 Å². The molecule has 1 atom stereocenters. The van der Waals surface area contributed by atoms with Gasteiger partial charge in [-0.1, -0.05) is 12.1 Å². The van der Waals surface area contributed by atoms with E-state index < -0.39 is 0 Å². The third-order valence-corrected chi connectivity index (χ3v) is 5.62.